The Kier molecular flexibility index (Phi) is 6.77. The highest BCUT2D eigenvalue weighted by molar-refractivity contribution is 5.95. The van der Waals surface area contributed by atoms with Crippen LogP contribution in [-0.4, -0.2) is 27.5 Å². The van der Waals surface area contributed by atoms with E-state index in [-0.39, 0.29) is 5.91 Å². The van der Waals surface area contributed by atoms with E-state index in [9.17, 15) is 4.79 Å². The normalized spacial score (nSPS) is 12.1. The predicted octanol–water partition coefficient (Wildman–Crippen LogP) is 5.23. The van der Waals surface area contributed by atoms with Crippen LogP contribution in [0.25, 0.3) is 11.7 Å². The molecular formula is C25H26N4O3. The van der Waals surface area contributed by atoms with Crippen LogP contribution in [0.4, 0.5) is 5.69 Å². The van der Waals surface area contributed by atoms with Crippen LogP contribution in [0.3, 0.4) is 0 Å². The van der Waals surface area contributed by atoms with Crippen LogP contribution in [0.15, 0.2) is 81.8 Å². The predicted molar refractivity (Wildman–Crippen MR) is 122 cm³/mol. The molecule has 0 unspecified atom stereocenters. The van der Waals surface area contributed by atoms with E-state index < -0.39 is 6.04 Å². The van der Waals surface area contributed by atoms with Crippen molar-refractivity contribution in [3.63, 3.8) is 0 Å². The zero-order valence-corrected chi connectivity index (χ0v) is 18.2. The Morgan fingerprint density at radius 2 is 1.81 bits per heavy atom. The average Bonchev–Trinajstić information content (AvgIpc) is 3.49. The van der Waals surface area contributed by atoms with Crippen molar-refractivity contribution in [1.82, 2.24) is 15.1 Å². The van der Waals surface area contributed by atoms with Crippen molar-refractivity contribution in [1.29, 1.82) is 0 Å². The molecule has 0 bridgehead atoms. The molecule has 2 aromatic heterocycles. The summed E-state index contributed by atoms with van der Waals surface area (Å²) in [5.74, 6) is 1.15. The maximum Gasteiger partial charge on any atom is 0.283 e. The number of benzene rings is 2. The molecule has 7 heteroatoms. The number of nitrogens with zero attached hydrogens (tertiary/aromatic N) is 3. The zero-order valence-electron chi connectivity index (χ0n) is 18.2. The molecular weight excluding hydrogens is 404 g/mol. The summed E-state index contributed by atoms with van der Waals surface area (Å²) in [5.41, 5.74) is 2.80. The first kappa shape index (κ1) is 21.5. The Balaban J connectivity index is 1.61. The van der Waals surface area contributed by atoms with Crippen LogP contribution in [0.1, 0.15) is 36.4 Å². The molecule has 4 aromatic rings. The summed E-state index contributed by atoms with van der Waals surface area (Å²) in [4.78, 5) is 15.5. The molecule has 0 spiro atoms. The van der Waals surface area contributed by atoms with Crippen molar-refractivity contribution in [2.75, 3.05) is 11.9 Å². The lowest BCUT2D eigenvalue weighted by atomic mass is 10.0. The highest BCUT2D eigenvalue weighted by Gasteiger charge is 2.29. The third-order valence-corrected chi connectivity index (χ3v) is 5.10. The highest BCUT2D eigenvalue weighted by Crippen LogP contribution is 2.26. The quantitative estimate of drug-likeness (QED) is 0.391. The Morgan fingerprint density at radius 1 is 1.03 bits per heavy atom. The van der Waals surface area contributed by atoms with Gasteiger partial charge in [0.1, 0.15) is 6.04 Å². The summed E-state index contributed by atoms with van der Waals surface area (Å²) in [5, 5.41) is 11.3. The summed E-state index contributed by atoms with van der Waals surface area (Å²) in [6.07, 6.45) is 2.42. The number of carbonyl (C=O) groups is 1. The second-order valence-corrected chi connectivity index (χ2v) is 7.62. The van der Waals surface area contributed by atoms with Crippen molar-refractivity contribution < 1.29 is 13.6 Å². The lowest BCUT2D eigenvalue weighted by Gasteiger charge is -2.29. The topological polar surface area (TPSA) is 84.4 Å². The molecule has 32 heavy (non-hydrogen) atoms. The van der Waals surface area contributed by atoms with Crippen molar-refractivity contribution >= 4 is 11.6 Å². The minimum absolute atomic E-state index is 0.112. The van der Waals surface area contributed by atoms with Crippen LogP contribution in [0.2, 0.25) is 0 Å². The van der Waals surface area contributed by atoms with Gasteiger partial charge in [0.2, 0.25) is 11.8 Å². The molecule has 0 saturated carbocycles. The van der Waals surface area contributed by atoms with Crippen LogP contribution >= 0.6 is 0 Å². The fraction of sp³-hybridized carbons (Fsp3) is 0.240. The van der Waals surface area contributed by atoms with Crippen molar-refractivity contribution in [2.45, 2.75) is 32.9 Å². The van der Waals surface area contributed by atoms with Gasteiger partial charge in [-0.25, -0.2) is 0 Å². The van der Waals surface area contributed by atoms with Gasteiger partial charge >= 0.3 is 0 Å². The van der Waals surface area contributed by atoms with Crippen molar-refractivity contribution in [3.05, 3.63) is 90.0 Å². The molecule has 164 valence electrons. The van der Waals surface area contributed by atoms with Gasteiger partial charge in [-0.05, 0) is 49.7 Å². The SMILES string of the molecule is CCCN(Cc1nnc(-c2ccco2)o1)[C@@H](C(=O)Nc1ccc(C)cc1)c1ccccc1. The average molecular weight is 431 g/mol. The van der Waals surface area contributed by atoms with E-state index >= 15 is 0 Å². The highest BCUT2D eigenvalue weighted by atomic mass is 16.4. The minimum Gasteiger partial charge on any atom is -0.459 e. The third-order valence-electron chi connectivity index (χ3n) is 5.10. The van der Waals surface area contributed by atoms with Crippen LogP contribution in [0, 0.1) is 6.92 Å². The number of anilines is 1. The van der Waals surface area contributed by atoms with E-state index in [0.717, 1.165) is 23.2 Å². The molecule has 0 aliphatic heterocycles. The number of carbonyl (C=O) groups excluding carboxylic acids is 1. The number of aryl methyl sites for hydroxylation is 1. The molecule has 0 aliphatic carbocycles. The monoisotopic (exact) mass is 430 g/mol. The van der Waals surface area contributed by atoms with Gasteiger partial charge in [0, 0.05) is 5.69 Å². The Hall–Kier alpha value is -3.71. The molecule has 1 N–H and O–H groups in total. The van der Waals surface area contributed by atoms with Crippen molar-refractivity contribution in [2.24, 2.45) is 0 Å². The molecule has 0 radical (unpaired) electrons. The first-order chi connectivity index (χ1) is 15.6. The lowest BCUT2D eigenvalue weighted by Crippen LogP contribution is -2.37. The van der Waals surface area contributed by atoms with Crippen molar-refractivity contribution in [3.8, 4) is 11.7 Å². The molecule has 2 aromatic carbocycles. The van der Waals surface area contributed by atoms with Crippen LogP contribution in [0.5, 0.6) is 0 Å². The Morgan fingerprint density at radius 3 is 2.50 bits per heavy atom. The summed E-state index contributed by atoms with van der Waals surface area (Å²) >= 11 is 0. The number of hydrogen-bond acceptors (Lipinski definition) is 6. The summed E-state index contributed by atoms with van der Waals surface area (Å²) in [7, 11) is 0. The van der Waals surface area contributed by atoms with Gasteiger partial charge in [-0.2, -0.15) is 0 Å². The fourth-order valence-electron chi connectivity index (χ4n) is 3.59. The van der Waals surface area contributed by atoms with Crippen LogP contribution < -0.4 is 5.32 Å². The molecule has 2 heterocycles. The van der Waals surface area contributed by atoms with E-state index in [1.165, 1.54) is 0 Å². The summed E-state index contributed by atoms with van der Waals surface area (Å²) in [6.45, 7) is 5.11. The minimum atomic E-state index is -0.517. The summed E-state index contributed by atoms with van der Waals surface area (Å²) < 4.78 is 11.2. The van der Waals surface area contributed by atoms with Gasteiger partial charge < -0.3 is 14.2 Å². The zero-order chi connectivity index (χ0) is 22.3. The maximum absolute atomic E-state index is 13.5. The molecule has 0 saturated heterocycles. The number of nitrogens with one attached hydrogen (secondary N) is 1. The maximum atomic E-state index is 13.5. The Labute approximate surface area is 187 Å². The Bertz CT molecular complexity index is 1120. The first-order valence-electron chi connectivity index (χ1n) is 10.7. The number of furan rings is 1. The van der Waals surface area contributed by atoms with E-state index in [0.29, 0.717) is 30.6 Å². The first-order valence-corrected chi connectivity index (χ1v) is 10.7. The second-order valence-electron chi connectivity index (χ2n) is 7.62. The number of amides is 1. The number of hydrogen-bond donors (Lipinski definition) is 1. The third kappa shape index (κ3) is 5.12. The van der Waals surface area contributed by atoms with Gasteiger partial charge in [-0.15, -0.1) is 10.2 Å². The number of aromatic nitrogens is 2. The fourth-order valence-corrected chi connectivity index (χ4v) is 3.59. The molecule has 0 fully saturated rings. The van der Waals surface area contributed by atoms with Gasteiger partial charge in [-0.1, -0.05) is 55.0 Å². The number of rotatable bonds is 9. The summed E-state index contributed by atoms with van der Waals surface area (Å²) in [6, 6.07) is 20.5. The second kappa shape index (κ2) is 10.1. The van der Waals surface area contributed by atoms with Crippen LogP contribution in [-0.2, 0) is 11.3 Å². The molecule has 4 rings (SSSR count). The van der Waals surface area contributed by atoms with Gasteiger partial charge in [0.25, 0.3) is 5.89 Å². The molecule has 1 atom stereocenters. The smallest absolute Gasteiger partial charge is 0.283 e. The van der Waals surface area contributed by atoms with E-state index in [1.54, 1.807) is 18.4 Å². The molecule has 1 amide bonds. The lowest BCUT2D eigenvalue weighted by molar-refractivity contribution is -0.122. The van der Waals surface area contributed by atoms with Gasteiger partial charge in [0.15, 0.2) is 5.76 Å². The van der Waals surface area contributed by atoms with E-state index in [4.69, 9.17) is 8.83 Å². The van der Waals surface area contributed by atoms with Gasteiger partial charge in [0.05, 0.1) is 12.8 Å². The van der Waals surface area contributed by atoms with E-state index in [1.807, 2.05) is 61.5 Å². The van der Waals surface area contributed by atoms with Gasteiger partial charge in [-0.3, -0.25) is 9.69 Å². The molecule has 7 nitrogen and oxygen atoms in total. The van der Waals surface area contributed by atoms with E-state index in [2.05, 4.69) is 27.3 Å². The standard InChI is InChI=1S/C25H26N4O3/c1-3-15-29(17-22-27-28-25(32-22)21-10-7-16-31-21)23(19-8-5-4-6-9-19)24(30)26-20-13-11-18(2)12-14-20/h4-14,16,23H,3,15,17H2,1-2H3,(H,26,30)/t23-/m1/s1. The molecule has 0 aliphatic rings. The largest absolute Gasteiger partial charge is 0.459 e.